The number of ether oxygens (including phenoxy) is 3. The van der Waals surface area contributed by atoms with Gasteiger partial charge in [-0.05, 0) is 6.07 Å². The molecule has 1 heterocycles. The third-order valence-electron chi connectivity index (χ3n) is 3.45. The maximum atomic E-state index is 11.9. The van der Waals surface area contributed by atoms with Gasteiger partial charge in [0.1, 0.15) is 11.5 Å². The minimum absolute atomic E-state index is 0.354. The van der Waals surface area contributed by atoms with Gasteiger partial charge in [0.25, 0.3) is 0 Å². The summed E-state index contributed by atoms with van der Waals surface area (Å²) < 4.78 is 15.9. The first-order valence-electron chi connectivity index (χ1n) is 6.62. The lowest BCUT2D eigenvalue weighted by Crippen LogP contribution is -2.11. The number of nitrogens with one attached hydrogen (secondary N) is 1. The van der Waals surface area contributed by atoms with Gasteiger partial charge in [-0.1, -0.05) is 29.8 Å². The summed E-state index contributed by atoms with van der Waals surface area (Å²) in [6, 6.07) is 10.6. The van der Waals surface area contributed by atoms with Crippen LogP contribution in [0, 0.1) is 0 Å². The van der Waals surface area contributed by atoms with Gasteiger partial charge in [0, 0.05) is 17.7 Å². The van der Waals surface area contributed by atoms with Crippen LogP contribution in [0.2, 0.25) is 5.02 Å². The zero-order chi connectivity index (χ0) is 15.7. The Hall–Kier alpha value is -2.40. The summed E-state index contributed by atoms with van der Waals surface area (Å²) in [6.45, 7) is 0. The number of rotatable bonds is 4. The summed E-state index contributed by atoms with van der Waals surface area (Å²) in [6.07, 6.45) is -0.580. The van der Waals surface area contributed by atoms with E-state index in [0.717, 1.165) is 5.56 Å². The first-order chi connectivity index (χ1) is 10.6. The SMILES string of the molecule is COc1cc(N[C@@H]2OC(=O)c3ccccc32)c(OC)cc1Cl. The van der Waals surface area contributed by atoms with Crippen LogP contribution in [0.5, 0.6) is 11.5 Å². The van der Waals surface area contributed by atoms with Crippen LogP contribution in [-0.2, 0) is 4.74 Å². The number of hydrogen-bond acceptors (Lipinski definition) is 5. The number of anilines is 1. The monoisotopic (exact) mass is 319 g/mol. The van der Waals surface area contributed by atoms with Crippen molar-refractivity contribution < 1.29 is 19.0 Å². The topological polar surface area (TPSA) is 56.8 Å². The number of carbonyl (C=O) groups excluding carboxylic acids is 1. The van der Waals surface area contributed by atoms with Gasteiger partial charge < -0.3 is 19.5 Å². The van der Waals surface area contributed by atoms with Gasteiger partial charge in [0.2, 0.25) is 6.23 Å². The fourth-order valence-corrected chi connectivity index (χ4v) is 2.60. The summed E-state index contributed by atoms with van der Waals surface area (Å²) in [4.78, 5) is 11.9. The summed E-state index contributed by atoms with van der Waals surface area (Å²) in [5.41, 5.74) is 1.96. The van der Waals surface area contributed by atoms with Crippen molar-refractivity contribution in [1.29, 1.82) is 0 Å². The van der Waals surface area contributed by atoms with Crippen LogP contribution >= 0.6 is 11.6 Å². The Kier molecular flexibility index (Phi) is 3.81. The molecule has 0 aliphatic carbocycles. The molecule has 3 rings (SSSR count). The van der Waals surface area contributed by atoms with E-state index in [1.807, 2.05) is 12.1 Å². The van der Waals surface area contributed by atoms with Crippen LogP contribution in [0.25, 0.3) is 0 Å². The molecule has 1 aliphatic rings. The van der Waals surface area contributed by atoms with E-state index in [0.29, 0.717) is 27.8 Å². The van der Waals surface area contributed by atoms with Crippen molar-refractivity contribution >= 4 is 23.3 Å². The van der Waals surface area contributed by atoms with Gasteiger partial charge in [-0.25, -0.2) is 4.79 Å². The van der Waals surface area contributed by atoms with Crippen molar-refractivity contribution in [2.45, 2.75) is 6.23 Å². The molecule has 1 atom stereocenters. The fourth-order valence-electron chi connectivity index (χ4n) is 2.37. The van der Waals surface area contributed by atoms with Gasteiger partial charge >= 0.3 is 5.97 Å². The Labute approximate surface area is 132 Å². The molecule has 0 amide bonds. The number of fused-ring (bicyclic) bond motifs is 1. The lowest BCUT2D eigenvalue weighted by Gasteiger charge is -2.18. The highest BCUT2D eigenvalue weighted by atomic mass is 35.5. The van der Waals surface area contributed by atoms with E-state index >= 15 is 0 Å². The third-order valence-corrected chi connectivity index (χ3v) is 3.74. The Bertz CT molecular complexity index is 732. The molecule has 0 saturated carbocycles. The van der Waals surface area contributed by atoms with Gasteiger partial charge in [0.15, 0.2) is 0 Å². The highest BCUT2D eigenvalue weighted by molar-refractivity contribution is 6.32. The maximum absolute atomic E-state index is 11.9. The van der Waals surface area contributed by atoms with Gasteiger partial charge in [-0.15, -0.1) is 0 Å². The van der Waals surface area contributed by atoms with Crippen LogP contribution < -0.4 is 14.8 Å². The molecular formula is C16H14ClNO4. The van der Waals surface area contributed by atoms with Crippen molar-refractivity contribution in [1.82, 2.24) is 0 Å². The zero-order valence-electron chi connectivity index (χ0n) is 12.1. The van der Waals surface area contributed by atoms with Crippen LogP contribution in [0.1, 0.15) is 22.1 Å². The number of halogens is 1. The third kappa shape index (κ3) is 2.44. The first kappa shape index (κ1) is 14.5. The number of esters is 1. The van der Waals surface area contributed by atoms with Gasteiger partial charge in [0.05, 0.1) is 30.5 Å². The second kappa shape index (κ2) is 5.77. The second-order valence-corrected chi connectivity index (χ2v) is 5.11. The van der Waals surface area contributed by atoms with E-state index in [-0.39, 0.29) is 5.97 Å². The number of hydrogen-bond donors (Lipinski definition) is 1. The first-order valence-corrected chi connectivity index (χ1v) is 7.00. The fraction of sp³-hybridized carbons (Fsp3) is 0.188. The molecule has 0 unspecified atom stereocenters. The smallest absolute Gasteiger partial charge is 0.340 e. The van der Waals surface area contributed by atoms with Crippen molar-refractivity contribution in [2.75, 3.05) is 19.5 Å². The lowest BCUT2D eigenvalue weighted by atomic mass is 10.1. The molecule has 114 valence electrons. The van der Waals surface area contributed by atoms with Crippen LogP contribution in [-0.4, -0.2) is 20.2 Å². The van der Waals surface area contributed by atoms with E-state index in [9.17, 15) is 4.79 Å². The van der Waals surface area contributed by atoms with E-state index < -0.39 is 6.23 Å². The lowest BCUT2D eigenvalue weighted by molar-refractivity contribution is 0.0436. The summed E-state index contributed by atoms with van der Waals surface area (Å²) in [7, 11) is 3.07. The average molecular weight is 320 g/mol. The largest absolute Gasteiger partial charge is 0.495 e. The summed E-state index contributed by atoms with van der Waals surface area (Å²) in [5.74, 6) is 0.682. The van der Waals surface area contributed by atoms with E-state index in [1.165, 1.54) is 14.2 Å². The number of carbonyl (C=O) groups is 1. The molecule has 2 aromatic rings. The Morgan fingerprint density at radius 1 is 1.14 bits per heavy atom. The van der Waals surface area contributed by atoms with E-state index in [4.69, 9.17) is 25.8 Å². The highest BCUT2D eigenvalue weighted by Gasteiger charge is 2.31. The molecule has 0 spiro atoms. The molecule has 22 heavy (non-hydrogen) atoms. The molecular weight excluding hydrogens is 306 g/mol. The maximum Gasteiger partial charge on any atom is 0.340 e. The van der Waals surface area contributed by atoms with Gasteiger partial charge in [-0.3, -0.25) is 0 Å². The van der Waals surface area contributed by atoms with E-state index in [1.54, 1.807) is 24.3 Å². The van der Waals surface area contributed by atoms with Crippen molar-refractivity contribution in [3.05, 3.63) is 52.5 Å². The Morgan fingerprint density at radius 2 is 1.86 bits per heavy atom. The molecule has 5 nitrogen and oxygen atoms in total. The summed E-state index contributed by atoms with van der Waals surface area (Å²) in [5, 5.41) is 3.58. The molecule has 0 radical (unpaired) electrons. The molecule has 1 aliphatic heterocycles. The quantitative estimate of drug-likeness (QED) is 0.872. The normalized spacial score (nSPS) is 16.0. The Morgan fingerprint density at radius 3 is 2.59 bits per heavy atom. The average Bonchev–Trinajstić information content (AvgIpc) is 2.85. The minimum atomic E-state index is -0.580. The molecule has 0 bridgehead atoms. The number of benzene rings is 2. The van der Waals surface area contributed by atoms with Gasteiger partial charge in [-0.2, -0.15) is 0 Å². The Balaban J connectivity index is 1.96. The van der Waals surface area contributed by atoms with Crippen molar-refractivity contribution in [2.24, 2.45) is 0 Å². The molecule has 0 fully saturated rings. The van der Waals surface area contributed by atoms with Crippen molar-refractivity contribution in [3.63, 3.8) is 0 Å². The van der Waals surface area contributed by atoms with Crippen LogP contribution in [0.3, 0.4) is 0 Å². The molecule has 0 saturated heterocycles. The minimum Gasteiger partial charge on any atom is -0.495 e. The molecule has 6 heteroatoms. The van der Waals surface area contributed by atoms with Crippen molar-refractivity contribution in [3.8, 4) is 11.5 Å². The second-order valence-electron chi connectivity index (χ2n) is 4.70. The van der Waals surface area contributed by atoms with Crippen LogP contribution in [0.4, 0.5) is 5.69 Å². The standard InChI is InChI=1S/C16H14ClNO4/c1-20-13-8-12(14(21-2)7-11(13)17)18-15-9-5-3-4-6-10(9)16(19)22-15/h3-8,15,18H,1-2H3/t15-/m1/s1. The van der Waals surface area contributed by atoms with Crippen LogP contribution in [0.15, 0.2) is 36.4 Å². The predicted octanol–water partition coefficient (Wildman–Crippen LogP) is 3.64. The zero-order valence-corrected chi connectivity index (χ0v) is 12.8. The van der Waals surface area contributed by atoms with E-state index in [2.05, 4.69) is 5.32 Å². The molecule has 2 aromatic carbocycles. The highest BCUT2D eigenvalue weighted by Crippen LogP contribution is 2.39. The molecule has 0 aromatic heterocycles. The number of cyclic esters (lactones) is 1. The molecule has 1 N–H and O–H groups in total. The predicted molar refractivity (Wildman–Crippen MR) is 82.8 cm³/mol. The summed E-state index contributed by atoms with van der Waals surface area (Å²) >= 11 is 6.08. The number of methoxy groups -OCH3 is 2.